The summed E-state index contributed by atoms with van der Waals surface area (Å²) in [6.07, 6.45) is 4.20. The number of thiazole rings is 1. The van der Waals surface area contributed by atoms with Crippen molar-refractivity contribution < 1.29 is 4.74 Å². The van der Waals surface area contributed by atoms with Gasteiger partial charge in [-0.25, -0.2) is 15.0 Å². The van der Waals surface area contributed by atoms with Crippen molar-refractivity contribution in [3.63, 3.8) is 0 Å². The van der Waals surface area contributed by atoms with Crippen LogP contribution in [0.15, 0.2) is 42.0 Å². The van der Waals surface area contributed by atoms with Crippen LogP contribution in [0.1, 0.15) is 12.8 Å². The molecule has 0 spiro atoms. The number of ether oxygens (including phenoxy) is 1. The van der Waals surface area contributed by atoms with E-state index in [4.69, 9.17) is 4.74 Å². The molecule has 3 aromatic rings. The molecule has 1 saturated carbocycles. The summed E-state index contributed by atoms with van der Waals surface area (Å²) in [5, 5.41) is 3.34. The van der Waals surface area contributed by atoms with Gasteiger partial charge in [0.2, 0.25) is 5.95 Å². The van der Waals surface area contributed by atoms with E-state index in [2.05, 4.69) is 20.3 Å². The van der Waals surface area contributed by atoms with Crippen molar-refractivity contribution in [3.8, 4) is 27.6 Å². The van der Waals surface area contributed by atoms with E-state index >= 15 is 0 Å². The Morgan fingerprint density at radius 1 is 1.13 bits per heavy atom. The molecule has 0 unspecified atom stereocenters. The standard InChI is InChI=1S/C17H16N4OS/c1-22-13-6-2-11(3-7-13)15-16(23-10-19-15)14-8-9-18-17(21-14)20-12-4-5-12/h2-3,6-10,12H,4-5H2,1H3,(H,18,20,21). The summed E-state index contributed by atoms with van der Waals surface area (Å²) < 4.78 is 5.21. The molecule has 0 atom stereocenters. The van der Waals surface area contributed by atoms with Crippen molar-refractivity contribution in [2.24, 2.45) is 0 Å². The van der Waals surface area contributed by atoms with Gasteiger partial charge in [-0.3, -0.25) is 0 Å². The molecular weight excluding hydrogens is 308 g/mol. The summed E-state index contributed by atoms with van der Waals surface area (Å²) in [4.78, 5) is 14.5. The van der Waals surface area contributed by atoms with Gasteiger partial charge in [-0.05, 0) is 43.2 Å². The molecule has 5 nitrogen and oxygen atoms in total. The number of nitrogens with one attached hydrogen (secondary N) is 1. The van der Waals surface area contributed by atoms with E-state index in [1.165, 1.54) is 12.8 Å². The van der Waals surface area contributed by atoms with Crippen LogP contribution in [0.3, 0.4) is 0 Å². The van der Waals surface area contributed by atoms with Gasteiger partial charge in [-0.2, -0.15) is 0 Å². The highest BCUT2D eigenvalue weighted by atomic mass is 32.1. The van der Waals surface area contributed by atoms with Crippen molar-refractivity contribution in [2.45, 2.75) is 18.9 Å². The lowest BCUT2D eigenvalue weighted by Crippen LogP contribution is -2.05. The van der Waals surface area contributed by atoms with Crippen LogP contribution >= 0.6 is 11.3 Å². The normalized spacial score (nSPS) is 13.8. The number of hydrogen-bond acceptors (Lipinski definition) is 6. The minimum absolute atomic E-state index is 0.535. The van der Waals surface area contributed by atoms with Gasteiger partial charge in [0.25, 0.3) is 0 Å². The highest BCUT2D eigenvalue weighted by Gasteiger charge is 2.22. The number of methoxy groups -OCH3 is 1. The van der Waals surface area contributed by atoms with Crippen LogP contribution in [0.2, 0.25) is 0 Å². The fourth-order valence-corrected chi connectivity index (χ4v) is 3.13. The Morgan fingerprint density at radius 3 is 2.70 bits per heavy atom. The zero-order valence-electron chi connectivity index (χ0n) is 12.7. The third-order valence-electron chi connectivity index (χ3n) is 3.73. The van der Waals surface area contributed by atoms with Gasteiger partial charge in [0, 0.05) is 17.8 Å². The molecular formula is C17H16N4OS. The van der Waals surface area contributed by atoms with Crippen molar-refractivity contribution in [3.05, 3.63) is 42.0 Å². The zero-order valence-corrected chi connectivity index (χ0v) is 13.5. The maximum absolute atomic E-state index is 5.21. The molecule has 1 fully saturated rings. The van der Waals surface area contributed by atoms with E-state index in [0.717, 1.165) is 27.6 Å². The van der Waals surface area contributed by atoms with E-state index < -0.39 is 0 Å². The first-order chi connectivity index (χ1) is 11.3. The van der Waals surface area contributed by atoms with Gasteiger partial charge in [-0.15, -0.1) is 11.3 Å². The van der Waals surface area contributed by atoms with Gasteiger partial charge in [0.15, 0.2) is 0 Å². The van der Waals surface area contributed by atoms with E-state index in [1.807, 2.05) is 35.8 Å². The quantitative estimate of drug-likeness (QED) is 0.772. The number of benzene rings is 1. The molecule has 1 aromatic carbocycles. The Hall–Kier alpha value is -2.47. The molecule has 0 amide bonds. The second-order valence-electron chi connectivity index (χ2n) is 5.44. The molecule has 1 aliphatic rings. The predicted molar refractivity (Wildman–Crippen MR) is 91.8 cm³/mol. The van der Waals surface area contributed by atoms with Crippen LogP contribution in [0, 0.1) is 0 Å². The Kier molecular flexibility index (Phi) is 3.67. The first-order valence-corrected chi connectivity index (χ1v) is 8.39. The first-order valence-electron chi connectivity index (χ1n) is 7.51. The third kappa shape index (κ3) is 3.03. The van der Waals surface area contributed by atoms with Crippen LogP contribution in [-0.4, -0.2) is 28.1 Å². The monoisotopic (exact) mass is 324 g/mol. The molecule has 0 aliphatic heterocycles. The van der Waals surface area contributed by atoms with E-state index in [0.29, 0.717) is 12.0 Å². The number of hydrogen-bond donors (Lipinski definition) is 1. The molecule has 0 saturated heterocycles. The molecule has 116 valence electrons. The lowest BCUT2D eigenvalue weighted by molar-refractivity contribution is 0.415. The minimum Gasteiger partial charge on any atom is -0.497 e. The summed E-state index contributed by atoms with van der Waals surface area (Å²) in [7, 11) is 1.67. The zero-order chi connectivity index (χ0) is 15.6. The van der Waals surface area contributed by atoms with Crippen LogP contribution in [0.5, 0.6) is 5.75 Å². The topological polar surface area (TPSA) is 59.9 Å². The second kappa shape index (κ2) is 5.96. The number of anilines is 1. The van der Waals surface area contributed by atoms with Gasteiger partial charge < -0.3 is 10.1 Å². The summed E-state index contributed by atoms with van der Waals surface area (Å²) >= 11 is 1.59. The highest BCUT2D eigenvalue weighted by molar-refractivity contribution is 7.13. The summed E-state index contributed by atoms with van der Waals surface area (Å²) in [6, 6.07) is 10.4. The van der Waals surface area contributed by atoms with E-state index in [-0.39, 0.29) is 0 Å². The molecule has 0 bridgehead atoms. The van der Waals surface area contributed by atoms with Crippen LogP contribution < -0.4 is 10.1 Å². The average Bonchev–Trinajstić information content (AvgIpc) is 3.27. The number of rotatable bonds is 5. The molecule has 1 aliphatic carbocycles. The van der Waals surface area contributed by atoms with E-state index in [1.54, 1.807) is 24.6 Å². The van der Waals surface area contributed by atoms with Crippen LogP contribution in [0.4, 0.5) is 5.95 Å². The minimum atomic E-state index is 0.535. The lowest BCUT2D eigenvalue weighted by atomic mass is 10.1. The Labute approximate surface area is 138 Å². The average molecular weight is 324 g/mol. The summed E-state index contributed by atoms with van der Waals surface area (Å²) in [6.45, 7) is 0. The van der Waals surface area contributed by atoms with Gasteiger partial charge in [-0.1, -0.05) is 0 Å². The molecule has 23 heavy (non-hydrogen) atoms. The Bertz CT molecular complexity index is 811. The SMILES string of the molecule is COc1ccc(-c2ncsc2-c2ccnc(NC3CC3)n2)cc1. The fourth-order valence-electron chi connectivity index (χ4n) is 2.35. The van der Waals surface area contributed by atoms with Crippen molar-refractivity contribution in [1.82, 2.24) is 15.0 Å². The summed E-state index contributed by atoms with van der Waals surface area (Å²) in [5.74, 6) is 1.53. The second-order valence-corrected chi connectivity index (χ2v) is 6.30. The van der Waals surface area contributed by atoms with Crippen LogP contribution in [0.25, 0.3) is 21.8 Å². The molecule has 6 heteroatoms. The van der Waals surface area contributed by atoms with Crippen molar-refractivity contribution in [2.75, 3.05) is 12.4 Å². The number of nitrogens with zero attached hydrogens (tertiary/aromatic N) is 3. The fraction of sp³-hybridized carbons (Fsp3) is 0.235. The highest BCUT2D eigenvalue weighted by Crippen LogP contribution is 2.34. The maximum Gasteiger partial charge on any atom is 0.223 e. The largest absolute Gasteiger partial charge is 0.497 e. The molecule has 2 heterocycles. The van der Waals surface area contributed by atoms with Crippen LogP contribution in [-0.2, 0) is 0 Å². The van der Waals surface area contributed by atoms with Gasteiger partial charge >= 0.3 is 0 Å². The number of aromatic nitrogens is 3. The van der Waals surface area contributed by atoms with Crippen molar-refractivity contribution in [1.29, 1.82) is 0 Å². The third-order valence-corrected chi connectivity index (χ3v) is 4.58. The Morgan fingerprint density at radius 2 is 1.96 bits per heavy atom. The molecule has 0 radical (unpaired) electrons. The Balaban J connectivity index is 1.68. The summed E-state index contributed by atoms with van der Waals surface area (Å²) in [5.41, 5.74) is 4.74. The smallest absolute Gasteiger partial charge is 0.223 e. The molecule has 2 aromatic heterocycles. The lowest BCUT2D eigenvalue weighted by Gasteiger charge is -2.06. The van der Waals surface area contributed by atoms with Gasteiger partial charge in [0.05, 0.1) is 28.9 Å². The molecule has 1 N–H and O–H groups in total. The van der Waals surface area contributed by atoms with Gasteiger partial charge in [0.1, 0.15) is 5.75 Å². The predicted octanol–water partition coefficient (Wildman–Crippen LogP) is 3.85. The van der Waals surface area contributed by atoms with Crippen molar-refractivity contribution >= 4 is 17.3 Å². The maximum atomic E-state index is 5.21. The first kappa shape index (κ1) is 14.1. The molecule has 4 rings (SSSR count). The van der Waals surface area contributed by atoms with E-state index in [9.17, 15) is 0 Å².